The smallest absolute Gasteiger partial charge is 0.221 e. The number of hydrogen-bond donors (Lipinski definition) is 6. The Balaban J connectivity index is 0.000000593. The molecule has 36 heavy (non-hydrogen) atoms. The number of carbonyl (C=O) groups is 3. The van der Waals surface area contributed by atoms with Crippen molar-refractivity contribution in [1.82, 2.24) is 10.9 Å². The van der Waals surface area contributed by atoms with Crippen molar-refractivity contribution in [1.29, 1.82) is 0 Å². The molecule has 11 nitrogen and oxygen atoms in total. The molecule has 0 bridgehead atoms. The van der Waals surface area contributed by atoms with Crippen molar-refractivity contribution in [2.45, 2.75) is 27.7 Å². The SMILES string of the molecule is CC(=O)Nc1ccc(C=NNC(N)=S)cc1.CC(=O)Nc1ccc(C=NNC(N)=S)cc1.CC(C)=O. The Kier molecular flexibility index (Phi) is 16.0. The lowest BCUT2D eigenvalue weighted by molar-refractivity contribution is -0.115. The van der Waals surface area contributed by atoms with Crippen LogP contribution in [0, 0.1) is 0 Å². The Morgan fingerprint density at radius 2 is 0.944 bits per heavy atom. The maximum Gasteiger partial charge on any atom is 0.221 e. The zero-order valence-electron chi connectivity index (χ0n) is 20.4. The molecule has 192 valence electrons. The Morgan fingerprint density at radius 3 is 1.17 bits per heavy atom. The third kappa shape index (κ3) is 19.3. The van der Waals surface area contributed by atoms with E-state index >= 15 is 0 Å². The lowest BCUT2D eigenvalue weighted by Crippen LogP contribution is -2.23. The fourth-order valence-corrected chi connectivity index (χ4v) is 2.16. The quantitative estimate of drug-likeness (QED) is 0.186. The molecule has 0 aliphatic rings. The zero-order chi connectivity index (χ0) is 27.5. The lowest BCUT2D eigenvalue weighted by atomic mass is 10.2. The molecule has 0 spiro atoms. The summed E-state index contributed by atoms with van der Waals surface area (Å²) in [5.41, 5.74) is 18.5. The first-order chi connectivity index (χ1) is 16.9. The van der Waals surface area contributed by atoms with Crippen LogP contribution in [0.15, 0.2) is 58.7 Å². The van der Waals surface area contributed by atoms with Crippen LogP contribution in [0.5, 0.6) is 0 Å². The molecule has 8 N–H and O–H groups in total. The number of Topliss-reactive ketones (excluding diaryl/α,β-unsaturated/α-hetero) is 1. The van der Waals surface area contributed by atoms with Crippen molar-refractivity contribution in [2.75, 3.05) is 10.6 Å². The number of nitrogens with zero attached hydrogens (tertiary/aromatic N) is 2. The van der Waals surface area contributed by atoms with E-state index in [1.54, 1.807) is 36.7 Å². The van der Waals surface area contributed by atoms with Gasteiger partial charge in [-0.1, -0.05) is 24.3 Å². The summed E-state index contributed by atoms with van der Waals surface area (Å²) in [4.78, 5) is 31.0. The predicted octanol–water partition coefficient (Wildman–Crippen LogP) is 2.22. The van der Waals surface area contributed by atoms with Gasteiger partial charge in [-0.3, -0.25) is 20.4 Å². The molecule has 0 unspecified atom stereocenters. The Hall–Kier alpha value is -4.23. The van der Waals surface area contributed by atoms with E-state index < -0.39 is 0 Å². The monoisotopic (exact) mass is 530 g/mol. The zero-order valence-corrected chi connectivity index (χ0v) is 22.0. The van der Waals surface area contributed by atoms with Crippen LogP contribution < -0.4 is 33.0 Å². The fraction of sp³-hybridized carbons (Fsp3) is 0.174. The van der Waals surface area contributed by atoms with E-state index in [0.717, 1.165) is 22.5 Å². The summed E-state index contributed by atoms with van der Waals surface area (Å²) in [7, 11) is 0. The van der Waals surface area contributed by atoms with Gasteiger partial charge in [0.05, 0.1) is 12.4 Å². The first kappa shape index (κ1) is 31.8. The fourth-order valence-electron chi connectivity index (χ4n) is 2.05. The van der Waals surface area contributed by atoms with Crippen LogP contribution in [0.3, 0.4) is 0 Å². The van der Waals surface area contributed by atoms with Crippen LogP contribution in [-0.2, 0) is 14.4 Å². The van der Waals surface area contributed by atoms with Gasteiger partial charge in [0, 0.05) is 25.2 Å². The van der Waals surface area contributed by atoms with Gasteiger partial charge in [0.1, 0.15) is 5.78 Å². The number of rotatable bonds is 6. The second-order valence-electron chi connectivity index (χ2n) is 6.98. The molecular formula is C23H30N8O3S2. The van der Waals surface area contributed by atoms with Gasteiger partial charge in [-0.05, 0) is 73.7 Å². The normalized spacial score (nSPS) is 9.67. The Labute approximate surface area is 220 Å². The molecule has 0 aliphatic carbocycles. The van der Waals surface area contributed by atoms with Gasteiger partial charge in [-0.2, -0.15) is 10.2 Å². The number of nitrogens with one attached hydrogen (secondary N) is 4. The molecule has 0 radical (unpaired) electrons. The average molecular weight is 531 g/mol. The summed E-state index contributed by atoms with van der Waals surface area (Å²) >= 11 is 9.17. The molecule has 2 aromatic carbocycles. The van der Waals surface area contributed by atoms with E-state index in [9.17, 15) is 14.4 Å². The van der Waals surface area contributed by atoms with E-state index in [0.29, 0.717) is 0 Å². The van der Waals surface area contributed by atoms with Crippen molar-refractivity contribution in [3.8, 4) is 0 Å². The summed E-state index contributed by atoms with van der Waals surface area (Å²) in [5.74, 6) is -0.0341. The summed E-state index contributed by atoms with van der Waals surface area (Å²) in [6, 6.07) is 14.4. The van der Waals surface area contributed by atoms with Gasteiger partial charge >= 0.3 is 0 Å². The molecule has 0 aromatic heterocycles. The molecular weight excluding hydrogens is 500 g/mol. The summed E-state index contributed by atoms with van der Waals surface area (Å²) < 4.78 is 0. The highest BCUT2D eigenvalue weighted by Crippen LogP contribution is 2.08. The lowest BCUT2D eigenvalue weighted by Gasteiger charge is -2.01. The molecule has 13 heteroatoms. The standard InChI is InChI=1S/2C10H12N4OS.C3H6O/c2*1-7(15)13-9-4-2-8(3-5-9)6-12-14-10(11)16;1-3(2)4/h2*2-6H,1H3,(H,13,15)(H3,11,14,16);1-2H3. The minimum absolute atomic E-state index is 0.100. The molecule has 2 aromatic rings. The van der Waals surface area contributed by atoms with Crippen LogP contribution in [0.4, 0.5) is 11.4 Å². The topological polar surface area (TPSA) is 176 Å². The third-order valence-corrected chi connectivity index (χ3v) is 3.42. The van der Waals surface area contributed by atoms with E-state index in [4.69, 9.17) is 11.5 Å². The summed E-state index contributed by atoms with van der Waals surface area (Å²) in [6.07, 6.45) is 3.16. The van der Waals surface area contributed by atoms with Crippen molar-refractivity contribution in [3.63, 3.8) is 0 Å². The molecule has 0 atom stereocenters. The van der Waals surface area contributed by atoms with Gasteiger partial charge < -0.3 is 26.9 Å². The van der Waals surface area contributed by atoms with Gasteiger partial charge in [0.25, 0.3) is 0 Å². The molecule has 2 rings (SSSR count). The van der Waals surface area contributed by atoms with Gasteiger partial charge in [-0.25, -0.2) is 0 Å². The molecule has 0 heterocycles. The number of benzene rings is 2. The number of thiocarbonyl (C=S) groups is 2. The molecule has 0 aliphatic heterocycles. The van der Waals surface area contributed by atoms with E-state index in [1.807, 2.05) is 24.3 Å². The minimum Gasteiger partial charge on any atom is -0.375 e. The van der Waals surface area contributed by atoms with E-state index in [2.05, 4.69) is 56.1 Å². The second kappa shape index (κ2) is 18.1. The highest BCUT2D eigenvalue weighted by molar-refractivity contribution is 7.80. The van der Waals surface area contributed by atoms with Crippen LogP contribution in [0.2, 0.25) is 0 Å². The maximum atomic E-state index is 10.8. The number of hydrogen-bond acceptors (Lipinski definition) is 7. The van der Waals surface area contributed by atoms with Crippen molar-refractivity contribution in [3.05, 3.63) is 59.7 Å². The van der Waals surface area contributed by atoms with Crippen molar-refractivity contribution >= 4 is 76.1 Å². The number of anilines is 2. The maximum absolute atomic E-state index is 10.8. The van der Waals surface area contributed by atoms with Crippen molar-refractivity contribution in [2.24, 2.45) is 21.7 Å². The second-order valence-corrected chi connectivity index (χ2v) is 7.86. The number of amides is 2. The minimum atomic E-state index is -0.100. The Morgan fingerprint density at radius 1 is 0.667 bits per heavy atom. The van der Waals surface area contributed by atoms with Crippen LogP contribution in [-0.4, -0.2) is 40.3 Å². The number of hydrazone groups is 2. The van der Waals surface area contributed by atoms with Gasteiger partial charge in [0.2, 0.25) is 11.8 Å². The molecule has 0 fully saturated rings. The van der Waals surface area contributed by atoms with E-state index in [1.165, 1.54) is 27.7 Å². The van der Waals surface area contributed by atoms with Crippen molar-refractivity contribution < 1.29 is 14.4 Å². The van der Waals surface area contributed by atoms with Crippen LogP contribution in [0.1, 0.15) is 38.8 Å². The highest BCUT2D eigenvalue weighted by atomic mass is 32.1. The molecule has 2 amide bonds. The number of carbonyl (C=O) groups excluding carboxylic acids is 3. The van der Waals surface area contributed by atoms with Gasteiger partial charge in [-0.15, -0.1) is 0 Å². The van der Waals surface area contributed by atoms with Crippen LogP contribution in [0.25, 0.3) is 0 Å². The number of ketones is 1. The van der Waals surface area contributed by atoms with Crippen LogP contribution >= 0.6 is 24.4 Å². The summed E-state index contributed by atoms with van der Waals surface area (Å²) in [5, 5.41) is 13.2. The van der Waals surface area contributed by atoms with Gasteiger partial charge in [0.15, 0.2) is 10.2 Å². The largest absolute Gasteiger partial charge is 0.375 e. The third-order valence-electron chi connectivity index (χ3n) is 3.24. The predicted molar refractivity (Wildman–Crippen MR) is 153 cm³/mol. The number of nitrogens with two attached hydrogens (primary N) is 2. The first-order valence-corrected chi connectivity index (χ1v) is 11.1. The molecule has 0 saturated carbocycles. The first-order valence-electron chi connectivity index (χ1n) is 10.3. The highest BCUT2D eigenvalue weighted by Gasteiger charge is 1.95. The Bertz CT molecular complexity index is 1000. The molecule has 0 saturated heterocycles. The average Bonchev–Trinajstić information content (AvgIpc) is 2.75. The summed E-state index contributed by atoms with van der Waals surface area (Å²) in [6.45, 7) is 5.98. The van der Waals surface area contributed by atoms with E-state index in [-0.39, 0.29) is 27.8 Å².